The molecule has 2 rings (SSSR count). The maximum absolute atomic E-state index is 13.3. The molecule has 0 spiro atoms. The molecule has 5 nitrogen and oxygen atoms in total. The number of aryl methyl sites for hydroxylation is 1. The normalized spacial score (nSPS) is 11.6. The van der Waals surface area contributed by atoms with Crippen molar-refractivity contribution in [3.05, 3.63) is 65.2 Å². The van der Waals surface area contributed by atoms with Gasteiger partial charge in [-0.3, -0.25) is 9.59 Å². The van der Waals surface area contributed by atoms with Gasteiger partial charge in [0, 0.05) is 18.8 Å². The van der Waals surface area contributed by atoms with E-state index in [9.17, 15) is 9.59 Å². The van der Waals surface area contributed by atoms with Gasteiger partial charge in [0.25, 0.3) is 0 Å². The fourth-order valence-corrected chi connectivity index (χ4v) is 4.33. The zero-order valence-corrected chi connectivity index (χ0v) is 20.5. The number of unbranched alkanes of at least 4 members (excludes halogenated alkanes) is 1. The van der Waals surface area contributed by atoms with Crippen LogP contribution in [0.2, 0.25) is 0 Å². The quantitative estimate of drug-likeness (QED) is 0.433. The second-order valence-corrected chi connectivity index (χ2v) is 8.84. The van der Waals surface area contributed by atoms with Crippen LogP contribution in [0.15, 0.2) is 48.5 Å². The van der Waals surface area contributed by atoms with Gasteiger partial charge in [-0.25, -0.2) is 0 Å². The molecular formula is C26H36N2O3S. The fourth-order valence-electron chi connectivity index (χ4n) is 3.46. The van der Waals surface area contributed by atoms with Gasteiger partial charge in [0.2, 0.25) is 11.8 Å². The monoisotopic (exact) mass is 456 g/mol. The molecule has 1 unspecified atom stereocenters. The van der Waals surface area contributed by atoms with E-state index in [0.29, 0.717) is 25.3 Å². The van der Waals surface area contributed by atoms with Crippen LogP contribution in [0, 0.1) is 6.92 Å². The molecule has 0 fully saturated rings. The summed E-state index contributed by atoms with van der Waals surface area (Å²) in [5, 5.41) is 3.01. The van der Waals surface area contributed by atoms with E-state index in [1.54, 1.807) is 23.8 Å². The van der Waals surface area contributed by atoms with Crippen molar-refractivity contribution < 1.29 is 14.3 Å². The number of carbonyl (C=O) groups is 2. The van der Waals surface area contributed by atoms with E-state index in [1.807, 2.05) is 62.4 Å². The number of amides is 2. The topological polar surface area (TPSA) is 58.6 Å². The summed E-state index contributed by atoms with van der Waals surface area (Å²) in [7, 11) is 1.65. The molecule has 0 saturated heterocycles. The molecular weight excluding hydrogens is 420 g/mol. The van der Waals surface area contributed by atoms with Gasteiger partial charge in [-0.15, -0.1) is 11.8 Å². The summed E-state index contributed by atoms with van der Waals surface area (Å²) in [6, 6.07) is 15.4. The number of thioether (sulfide) groups is 1. The highest BCUT2D eigenvalue weighted by atomic mass is 32.2. The van der Waals surface area contributed by atoms with E-state index in [2.05, 4.69) is 12.2 Å². The maximum Gasteiger partial charge on any atom is 0.242 e. The first-order valence-corrected chi connectivity index (χ1v) is 12.5. The van der Waals surface area contributed by atoms with Crippen LogP contribution in [-0.2, 0) is 21.9 Å². The van der Waals surface area contributed by atoms with Crippen LogP contribution in [0.5, 0.6) is 5.75 Å². The van der Waals surface area contributed by atoms with Crippen molar-refractivity contribution in [3.8, 4) is 5.75 Å². The Morgan fingerprint density at radius 2 is 1.81 bits per heavy atom. The highest BCUT2D eigenvalue weighted by Crippen LogP contribution is 2.20. The van der Waals surface area contributed by atoms with Crippen LogP contribution in [0.3, 0.4) is 0 Å². The zero-order valence-electron chi connectivity index (χ0n) is 19.7. The van der Waals surface area contributed by atoms with Gasteiger partial charge in [-0.1, -0.05) is 56.7 Å². The second-order valence-electron chi connectivity index (χ2n) is 7.86. The van der Waals surface area contributed by atoms with Crippen molar-refractivity contribution in [2.75, 3.05) is 19.4 Å². The van der Waals surface area contributed by atoms with Crippen molar-refractivity contribution in [1.82, 2.24) is 10.2 Å². The Labute approximate surface area is 196 Å². The molecule has 0 radical (unpaired) electrons. The number of ether oxygens (including phenoxy) is 1. The summed E-state index contributed by atoms with van der Waals surface area (Å²) in [5.74, 6) is 1.80. The zero-order chi connectivity index (χ0) is 23.3. The van der Waals surface area contributed by atoms with Crippen molar-refractivity contribution in [3.63, 3.8) is 0 Å². The molecule has 32 heavy (non-hydrogen) atoms. The molecule has 0 saturated carbocycles. The van der Waals surface area contributed by atoms with E-state index >= 15 is 0 Å². The molecule has 174 valence electrons. The number of nitrogens with zero attached hydrogens (tertiary/aromatic N) is 1. The first-order chi connectivity index (χ1) is 15.5. The molecule has 2 amide bonds. The predicted molar refractivity (Wildman–Crippen MR) is 133 cm³/mol. The maximum atomic E-state index is 13.3. The van der Waals surface area contributed by atoms with Gasteiger partial charge in [0.15, 0.2) is 0 Å². The molecule has 0 aromatic heterocycles. The number of nitrogens with one attached hydrogen (secondary N) is 1. The van der Waals surface area contributed by atoms with Gasteiger partial charge in [0.1, 0.15) is 11.8 Å². The lowest BCUT2D eigenvalue weighted by Crippen LogP contribution is -2.49. The lowest BCUT2D eigenvalue weighted by molar-refractivity contribution is -0.139. The summed E-state index contributed by atoms with van der Waals surface area (Å²) < 4.78 is 5.20. The number of benzene rings is 2. The summed E-state index contributed by atoms with van der Waals surface area (Å²) in [6.45, 7) is 7.18. The molecule has 0 aliphatic carbocycles. The smallest absolute Gasteiger partial charge is 0.242 e. The lowest BCUT2D eigenvalue weighted by Gasteiger charge is -2.31. The van der Waals surface area contributed by atoms with Gasteiger partial charge in [-0.05, 0) is 48.6 Å². The van der Waals surface area contributed by atoms with E-state index in [1.165, 1.54) is 0 Å². The standard InChI is InChI=1S/C26H36N2O3S/c1-5-7-16-27-26(30)24(6-2)28(17-22-11-9-8-10-20(22)3)25(29)19-32-18-21-12-14-23(31-4)15-13-21/h8-15,24H,5-7,16-19H2,1-4H3,(H,27,30). The summed E-state index contributed by atoms with van der Waals surface area (Å²) in [6.07, 6.45) is 2.54. The first-order valence-electron chi connectivity index (χ1n) is 11.3. The van der Waals surface area contributed by atoms with Crippen LogP contribution in [0.25, 0.3) is 0 Å². The Bertz CT molecular complexity index is 854. The lowest BCUT2D eigenvalue weighted by atomic mass is 10.1. The Morgan fingerprint density at radius 1 is 1.09 bits per heavy atom. The number of carbonyl (C=O) groups excluding carboxylic acids is 2. The van der Waals surface area contributed by atoms with Crippen LogP contribution < -0.4 is 10.1 Å². The number of hydrogen-bond donors (Lipinski definition) is 1. The molecule has 1 atom stereocenters. The Balaban J connectivity index is 2.09. The van der Waals surface area contributed by atoms with E-state index in [0.717, 1.165) is 41.0 Å². The molecule has 2 aromatic rings. The molecule has 0 heterocycles. The van der Waals surface area contributed by atoms with Crippen molar-refractivity contribution in [1.29, 1.82) is 0 Å². The Morgan fingerprint density at radius 3 is 2.44 bits per heavy atom. The summed E-state index contributed by atoms with van der Waals surface area (Å²) in [5.41, 5.74) is 3.33. The molecule has 1 N–H and O–H groups in total. The number of hydrogen-bond acceptors (Lipinski definition) is 4. The molecule has 0 aliphatic heterocycles. The third kappa shape index (κ3) is 7.90. The van der Waals surface area contributed by atoms with E-state index in [4.69, 9.17) is 4.74 Å². The first kappa shape index (κ1) is 25.8. The van der Waals surface area contributed by atoms with Crippen LogP contribution >= 0.6 is 11.8 Å². The molecule has 0 bridgehead atoms. The van der Waals surface area contributed by atoms with Gasteiger partial charge in [-0.2, -0.15) is 0 Å². The van der Waals surface area contributed by atoms with E-state index < -0.39 is 6.04 Å². The fraction of sp³-hybridized carbons (Fsp3) is 0.462. The minimum absolute atomic E-state index is 0.00995. The molecule has 0 aliphatic rings. The van der Waals surface area contributed by atoms with Crippen molar-refractivity contribution in [2.24, 2.45) is 0 Å². The van der Waals surface area contributed by atoms with Gasteiger partial charge >= 0.3 is 0 Å². The Hall–Kier alpha value is -2.47. The highest BCUT2D eigenvalue weighted by Gasteiger charge is 2.28. The summed E-state index contributed by atoms with van der Waals surface area (Å²) >= 11 is 1.57. The molecule has 6 heteroatoms. The minimum Gasteiger partial charge on any atom is -0.497 e. The highest BCUT2D eigenvalue weighted by molar-refractivity contribution is 7.99. The number of methoxy groups -OCH3 is 1. The third-order valence-corrected chi connectivity index (χ3v) is 6.46. The van der Waals surface area contributed by atoms with Gasteiger partial charge in [0.05, 0.1) is 12.9 Å². The second kappa shape index (κ2) is 13.8. The van der Waals surface area contributed by atoms with Crippen LogP contribution in [0.4, 0.5) is 0 Å². The van der Waals surface area contributed by atoms with Crippen molar-refractivity contribution >= 4 is 23.6 Å². The molecule has 2 aromatic carbocycles. The van der Waals surface area contributed by atoms with E-state index in [-0.39, 0.29) is 11.8 Å². The van der Waals surface area contributed by atoms with Crippen LogP contribution in [-0.4, -0.2) is 42.2 Å². The van der Waals surface area contributed by atoms with Crippen molar-refractivity contribution in [2.45, 2.75) is 58.4 Å². The largest absolute Gasteiger partial charge is 0.497 e. The Kier molecular flexibility index (Phi) is 11.2. The SMILES string of the molecule is CCCCNC(=O)C(CC)N(Cc1ccccc1C)C(=O)CSCc1ccc(OC)cc1. The van der Waals surface area contributed by atoms with Gasteiger partial charge < -0.3 is 15.0 Å². The average molecular weight is 457 g/mol. The van der Waals surface area contributed by atoms with Crippen LogP contribution in [0.1, 0.15) is 49.8 Å². The summed E-state index contributed by atoms with van der Waals surface area (Å²) in [4.78, 5) is 27.9. The average Bonchev–Trinajstić information content (AvgIpc) is 2.80. The predicted octanol–water partition coefficient (Wildman–Crippen LogP) is 4.96. The minimum atomic E-state index is -0.472. The number of rotatable bonds is 13. The third-order valence-electron chi connectivity index (χ3n) is 5.47.